The number of furan rings is 2. The molecule has 194 valence electrons. The first kappa shape index (κ1) is 23.8. The predicted molar refractivity (Wildman–Crippen MR) is 167 cm³/mol. The van der Waals surface area contributed by atoms with Gasteiger partial charge in [-0.1, -0.05) is 54.6 Å². The molecule has 6 aromatic carbocycles. The average Bonchev–Trinajstić information content (AvgIpc) is 3.62. The van der Waals surface area contributed by atoms with E-state index in [1.807, 2.05) is 60.7 Å². The molecule has 0 spiro atoms. The second-order valence-corrected chi connectivity index (χ2v) is 10.4. The number of hydrogen-bond acceptors (Lipinski definition) is 4. The van der Waals surface area contributed by atoms with E-state index in [1.165, 1.54) is 0 Å². The minimum atomic E-state index is 0.594. The number of para-hydroxylation sites is 2. The largest absolute Gasteiger partial charge is 0.456 e. The Morgan fingerprint density at radius 1 is 0.405 bits per heavy atom. The SMILES string of the molecule is N#Cc1cccc(-c2cc(-c3ccc4oc5ccc(C#N)cc5c4c3)cc(-c3cccc4c3oc3ccccc34)c2)c1. The molecule has 0 fully saturated rings. The van der Waals surface area contributed by atoms with Gasteiger partial charge in [-0.05, 0) is 94.5 Å². The summed E-state index contributed by atoms with van der Waals surface area (Å²) in [6, 6.07) is 44.7. The number of rotatable bonds is 3. The van der Waals surface area contributed by atoms with Crippen LogP contribution in [0.4, 0.5) is 0 Å². The molecule has 8 rings (SSSR count). The van der Waals surface area contributed by atoms with Crippen molar-refractivity contribution in [3.63, 3.8) is 0 Å². The predicted octanol–water partition coefficient (Wildman–Crippen LogP) is 10.2. The van der Waals surface area contributed by atoms with Crippen molar-refractivity contribution in [2.75, 3.05) is 0 Å². The van der Waals surface area contributed by atoms with Crippen LogP contribution < -0.4 is 0 Å². The molecule has 0 bridgehead atoms. The summed E-state index contributed by atoms with van der Waals surface area (Å²) in [4.78, 5) is 0. The maximum absolute atomic E-state index is 9.57. The molecule has 8 aromatic rings. The highest BCUT2D eigenvalue weighted by atomic mass is 16.3. The van der Waals surface area contributed by atoms with Gasteiger partial charge < -0.3 is 8.83 Å². The molecular formula is C38H20N2O2. The van der Waals surface area contributed by atoms with Crippen LogP contribution in [-0.2, 0) is 0 Å². The Labute approximate surface area is 240 Å². The number of nitrogens with zero attached hydrogens (tertiary/aromatic N) is 2. The highest BCUT2D eigenvalue weighted by molar-refractivity contribution is 6.10. The Morgan fingerprint density at radius 3 is 1.88 bits per heavy atom. The van der Waals surface area contributed by atoms with E-state index >= 15 is 0 Å². The molecule has 0 amide bonds. The first-order chi connectivity index (χ1) is 20.7. The number of hydrogen-bond donors (Lipinski definition) is 0. The Hall–Kier alpha value is -6.10. The van der Waals surface area contributed by atoms with Crippen LogP contribution in [-0.4, -0.2) is 0 Å². The van der Waals surface area contributed by atoms with Crippen LogP contribution in [0.5, 0.6) is 0 Å². The fraction of sp³-hybridized carbons (Fsp3) is 0. The molecule has 2 heterocycles. The molecule has 0 aliphatic rings. The van der Waals surface area contributed by atoms with E-state index in [1.54, 1.807) is 6.07 Å². The highest BCUT2D eigenvalue weighted by Crippen LogP contribution is 2.40. The fourth-order valence-corrected chi connectivity index (χ4v) is 5.89. The third kappa shape index (κ3) is 3.75. The van der Waals surface area contributed by atoms with Crippen LogP contribution >= 0.6 is 0 Å². The summed E-state index contributed by atoms with van der Waals surface area (Å²) in [6.07, 6.45) is 0. The number of fused-ring (bicyclic) bond motifs is 6. The summed E-state index contributed by atoms with van der Waals surface area (Å²) in [5, 5.41) is 23.1. The first-order valence-corrected chi connectivity index (χ1v) is 13.6. The molecule has 0 aliphatic heterocycles. The second-order valence-electron chi connectivity index (χ2n) is 10.4. The lowest BCUT2D eigenvalue weighted by Crippen LogP contribution is -1.87. The zero-order valence-electron chi connectivity index (χ0n) is 22.3. The molecule has 0 N–H and O–H groups in total. The van der Waals surface area contributed by atoms with E-state index in [4.69, 9.17) is 8.83 Å². The molecule has 42 heavy (non-hydrogen) atoms. The third-order valence-corrected chi connectivity index (χ3v) is 7.90. The van der Waals surface area contributed by atoms with Crippen LogP contribution in [0.25, 0.3) is 77.3 Å². The monoisotopic (exact) mass is 536 g/mol. The average molecular weight is 537 g/mol. The minimum Gasteiger partial charge on any atom is -0.456 e. The van der Waals surface area contributed by atoms with Crippen LogP contribution in [0.3, 0.4) is 0 Å². The van der Waals surface area contributed by atoms with Gasteiger partial charge in [-0.2, -0.15) is 10.5 Å². The van der Waals surface area contributed by atoms with Gasteiger partial charge in [0.25, 0.3) is 0 Å². The van der Waals surface area contributed by atoms with Crippen molar-refractivity contribution in [1.82, 2.24) is 0 Å². The van der Waals surface area contributed by atoms with Gasteiger partial charge in [0, 0.05) is 27.1 Å². The van der Waals surface area contributed by atoms with Gasteiger partial charge in [0.1, 0.15) is 22.3 Å². The Balaban J connectivity index is 1.39. The van der Waals surface area contributed by atoms with E-state index < -0.39 is 0 Å². The molecule has 2 aromatic heterocycles. The molecule has 4 heteroatoms. The van der Waals surface area contributed by atoms with Crippen LogP contribution in [0, 0.1) is 22.7 Å². The minimum absolute atomic E-state index is 0.594. The van der Waals surface area contributed by atoms with E-state index in [-0.39, 0.29) is 0 Å². The summed E-state index contributed by atoms with van der Waals surface area (Å²) in [7, 11) is 0. The lowest BCUT2D eigenvalue weighted by Gasteiger charge is -2.12. The summed E-state index contributed by atoms with van der Waals surface area (Å²) in [5.41, 5.74) is 10.4. The standard InChI is InChI=1S/C38H20N2O2/c39-21-23-5-3-6-25(15-23)27-17-28(26-12-14-37-34(20-26)33-16-24(22-40)11-13-36(33)41-37)19-29(18-27)30-8-4-9-32-31-7-1-2-10-35(31)42-38(30)32/h1-20H. The van der Waals surface area contributed by atoms with E-state index in [2.05, 4.69) is 66.7 Å². The van der Waals surface area contributed by atoms with E-state index in [0.29, 0.717) is 11.1 Å². The van der Waals surface area contributed by atoms with Gasteiger partial charge in [-0.25, -0.2) is 0 Å². The Bertz CT molecular complexity index is 2450. The summed E-state index contributed by atoms with van der Waals surface area (Å²) in [5.74, 6) is 0. The van der Waals surface area contributed by atoms with Gasteiger partial charge in [0.15, 0.2) is 0 Å². The van der Waals surface area contributed by atoms with Crippen LogP contribution in [0.1, 0.15) is 11.1 Å². The number of nitriles is 2. The zero-order chi connectivity index (χ0) is 28.2. The van der Waals surface area contributed by atoms with Crippen molar-refractivity contribution in [2.24, 2.45) is 0 Å². The van der Waals surface area contributed by atoms with Crippen molar-refractivity contribution in [2.45, 2.75) is 0 Å². The smallest absolute Gasteiger partial charge is 0.143 e. The van der Waals surface area contributed by atoms with Gasteiger partial charge in [-0.15, -0.1) is 0 Å². The second kappa shape index (κ2) is 9.24. The molecule has 0 saturated carbocycles. The topological polar surface area (TPSA) is 73.9 Å². The van der Waals surface area contributed by atoms with E-state index in [9.17, 15) is 10.5 Å². The van der Waals surface area contributed by atoms with Crippen molar-refractivity contribution in [3.8, 4) is 45.5 Å². The van der Waals surface area contributed by atoms with Gasteiger partial charge in [-0.3, -0.25) is 0 Å². The maximum Gasteiger partial charge on any atom is 0.143 e. The molecular weight excluding hydrogens is 516 g/mol. The lowest BCUT2D eigenvalue weighted by molar-refractivity contribution is 0.669. The summed E-state index contributed by atoms with van der Waals surface area (Å²) >= 11 is 0. The lowest BCUT2D eigenvalue weighted by atomic mass is 9.92. The number of benzene rings is 6. The molecule has 0 saturated heterocycles. The molecule has 0 atom stereocenters. The quantitative estimate of drug-likeness (QED) is 0.225. The summed E-state index contributed by atoms with van der Waals surface area (Å²) < 4.78 is 12.5. The molecule has 0 unspecified atom stereocenters. The maximum atomic E-state index is 9.57. The van der Waals surface area contributed by atoms with Gasteiger partial charge >= 0.3 is 0 Å². The normalized spacial score (nSPS) is 11.3. The van der Waals surface area contributed by atoms with Crippen LogP contribution in [0.15, 0.2) is 130 Å². The third-order valence-electron chi connectivity index (χ3n) is 7.90. The molecule has 4 nitrogen and oxygen atoms in total. The molecule has 0 aliphatic carbocycles. The Morgan fingerprint density at radius 2 is 1.05 bits per heavy atom. The van der Waals surface area contributed by atoms with Gasteiger partial charge in [0.2, 0.25) is 0 Å². The van der Waals surface area contributed by atoms with Crippen molar-refractivity contribution >= 4 is 43.9 Å². The van der Waals surface area contributed by atoms with Crippen LogP contribution in [0.2, 0.25) is 0 Å². The van der Waals surface area contributed by atoms with Crippen molar-refractivity contribution < 1.29 is 8.83 Å². The highest BCUT2D eigenvalue weighted by Gasteiger charge is 2.16. The van der Waals surface area contributed by atoms with E-state index in [0.717, 1.165) is 77.3 Å². The Kier molecular flexibility index (Phi) is 5.22. The first-order valence-electron chi connectivity index (χ1n) is 13.6. The fourth-order valence-electron chi connectivity index (χ4n) is 5.89. The summed E-state index contributed by atoms with van der Waals surface area (Å²) in [6.45, 7) is 0. The van der Waals surface area contributed by atoms with Gasteiger partial charge in [0.05, 0.1) is 23.3 Å². The molecule has 0 radical (unpaired) electrons. The van der Waals surface area contributed by atoms with Crippen molar-refractivity contribution in [1.29, 1.82) is 10.5 Å². The zero-order valence-corrected chi connectivity index (χ0v) is 22.3. The van der Waals surface area contributed by atoms with Crippen molar-refractivity contribution in [3.05, 3.63) is 132 Å².